The summed E-state index contributed by atoms with van der Waals surface area (Å²) in [4.78, 5) is 21.8. The van der Waals surface area contributed by atoms with Crippen molar-refractivity contribution in [2.24, 2.45) is 0 Å². The Morgan fingerprint density at radius 1 is 1.21 bits per heavy atom. The van der Waals surface area contributed by atoms with Gasteiger partial charge in [0.2, 0.25) is 0 Å². The molecular weight excluding hydrogens is 180 g/mol. The van der Waals surface area contributed by atoms with Crippen molar-refractivity contribution in [2.75, 3.05) is 0 Å². The lowest BCUT2D eigenvalue weighted by Gasteiger charge is -2.09. The van der Waals surface area contributed by atoms with Crippen LogP contribution in [0.5, 0.6) is 0 Å². The summed E-state index contributed by atoms with van der Waals surface area (Å²) in [7, 11) is 0. The second-order valence-corrected chi connectivity index (χ2v) is 3.38. The fourth-order valence-electron chi connectivity index (χ4n) is 1.32. The van der Waals surface area contributed by atoms with E-state index in [0.717, 1.165) is 5.56 Å². The summed E-state index contributed by atoms with van der Waals surface area (Å²) in [5, 5.41) is 8.59. The van der Waals surface area contributed by atoms with E-state index in [1.807, 2.05) is 13.8 Å². The van der Waals surface area contributed by atoms with Crippen molar-refractivity contribution >= 4 is 11.8 Å². The quantitative estimate of drug-likeness (QED) is 0.589. The van der Waals surface area contributed by atoms with Gasteiger partial charge < -0.3 is 5.11 Å². The monoisotopic (exact) mass is 192 g/mol. The third-order valence-electron chi connectivity index (χ3n) is 2.02. The highest BCUT2D eigenvalue weighted by atomic mass is 16.4. The number of ketones is 1. The van der Waals surface area contributed by atoms with Crippen LogP contribution in [0.2, 0.25) is 0 Å². The van der Waals surface area contributed by atoms with Crippen LogP contribution in [0, 0.1) is 0 Å². The standard InChI is InChI=1S/C11H12O3/c1-7(2)8-5-3-4-6-9(8)10(12)11(13)14/h3-7H,1-2H3,(H,13,14). The molecule has 0 saturated heterocycles. The normalized spacial score (nSPS) is 10.2. The first-order chi connectivity index (χ1) is 6.54. The Labute approximate surface area is 82.4 Å². The van der Waals surface area contributed by atoms with Gasteiger partial charge in [-0.15, -0.1) is 0 Å². The number of carbonyl (C=O) groups excluding carboxylic acids is 1. The molecule has 0 aliphatic rings. The van der Waals surface area contributed by atoms with Gasteiger partial charge in [-0.25, -0.2) is 4.79 Å². The Morgan fingerprint density at radius 2 is 1.79 bits per heavy atom. The molecule has 0 aliphatic heterocycles. The van der Waals surface area contributed by atoms with Crippen molar-refractivity contribution in [2.45, 2.75) is 19.8 Å². The van der Waals surface area contributed by atoms with Crippen LogP contribution in [-0.4, -0.2) is 16.9 Å². The van der Waals surface area contributed by atoms with Crippen LogP contribution in [0.15, 0.2) is 24.3 Å². The molecular formula is C11H12O3. The minimum absolute atomic E-state index is 0.148. The largest absolute Gasteiger partial charge is 0.475 e. The van der Waals surface area contributed by atoms with E-state index in [9.17, 15) is 9.59 Å². The highest BCUT2D eigenvalue weighted by Gasteiger charge is 2.18. The lowest BCUT2D eigenvalue weighted by Crippen LogP contribution is -2.15. The Kier molecular flexibility index (Phi) is 3.02. The molecule has 0 heterocycles. The summed E-state index contributed by atoms with van der Waals surface area (Å²) in [6, 6.07) is 6.79. The van der Waals surface area contributed by atoms with E-state index in [1.165, 1.54) is 0 Å². The van der Waals surface area contributed by atoms with Gasteiger partial charge in [-0.2, -0.15) is 0 Å². The first-order valence-corrected chi connectivity index (χ1v) is 4.40. The van der Waals surface area contributed by atoms with Crippen LogP contribution >= 0.6 is 0 Å². The Morgan fingerprint density at radius 3 is 2.29 bits per heavy atom. The Balaban J connectivity index is 3.20. The number of carbonyl (C=O) groups is 2. The van der Waals surface area contributed by atoms with Crippen LogP contribution in [0.25, 0.3) is 0 Å². The molecule has 1 aromatic rings. The van der Waals surface area contributed by atoms with Gasteiger partial charge in [0, 0.05) is 5.56 Å². The highest BCUT2D eigenvalue weighted by Crippen LogP contribution is 2.19. The fraction of sp³-hybridized carbons (Fsp3) is 0.273. The molecule has 0 aliphatic carbocycles. The predicted octanol–water partition coefficient (Wildman–Crippen LogP) is 2.08. The van der Waals surface area contributed by atoms with Crippen molar-refractivity contribution in [1.29, 1.82) is 0 Å². The van der Waals surface area contributed by atoms with Gasteiger partial charge in [0.25, 0.3) is 5.78 Å². The first kappa shape index (κ1) is 10.4. The lowest BCUT2D eigenvalue weighted by molar-refractivity contribution is -0.131. The van der Waals surface area contributed by atoms with Gasteiger partial charge in [0.15, 0.2) is 0 Å². The van der Waals surface area contributed by atoms with Gasteiger partial charge in [0.1, 0.15) is 0 Å². The molecule has 0 aromatic heterocycles. The number of rotatable bonds is 3. The van der Waals surface area contributed by atoms with Crippen LogP contribution < -0.4 is 0 Å². The van der Waals surface area contributed by atoms with E-state index in [0.29, 0.717) is 0 Å². The molecule has 0 atom stereocenters. The number of carboxylic acids is 1. The van der Waals surface area contributed by atoms with E-state index < -0.39 is 11.8 Å². The minimum Gasteiger partial charge on any atom is -0.475 e. The summed E-state index contributed by atoms with van der Waals surface area (Å²) < 4.78 is 0. The van der Waals surface area contributed by atoms with Gasteiger partial charge in [0.05, 0.1) is 0 Å². The van der Waals surface area contributed by atoms with Crippen molar-refractivity contribution in [3.63, 3.8) is 0 Å². The molecule has 1 N–H and O–H groups in total. The molecule has 3 heteroatoms. The maximum Gasteiger partial charge on any atom is 0.377 e. The average Bonchev–Trinajstić information content (AvgIpc) is 2.16. The summed E-state index contributed by atoms with van der Waals surface area (Å²) in [6.45, 7) is 3.85. The van der Waals surface area contributed by atoms with E-state index in [2.05, 4.69) is 0 Å². The van der Waals surface area contributed by atoms with Gasteiger partial charge in [-0.05, 0) is 11.5 Å². The zero-order valence-electron chi connectivity index (χ0n) is 8.15. The Hall–Kier alpha value is -1.64. The molecule has 0 saturated carbocycles. The molecule has 0 spiro atoms. The van der Waals surface area contributed by atoms with Crippen molar-refractivity contribution in [1.82, 2.24) is 0 Å². The van der Waals surface area contributed by atoms with Crippen LogP contribution in [0.1, 0.15) is 35.7 Å². The molecule has 1 aromatic carbocycles. The molecule has 0 fully saturated rings. The number of hydrogen-bond donors (Lipinski definition) is 1. The minimum atomic E-state index is -1.40. The van der Waals surface area contributed by atoms with Crippen molar-refractivity contribution < 1.29 is 14.7 Å². The Bertz CT molecular complexity index is 367. The number of hydrogen-bond acceptors (Lipinski definition) is 2. The maximum absolute atomic E-state index is 11.3. The molecule has 0 amide bonds. The van der Waals surface area contributed by atoms with E-state index in [-0.39, 0.29) is 11.5 Å². The second-order valence-electron chi connectivity index (χ2n) is 3.38. The van der Waals surface area contributed by atoms with Crippen LogP contribution in [-0.2, 0) is 4.79 Å². The third kappa shape index (κ3) is 1.99. The number of carboxylic acid groups (broad SMARTS) is 1. The number of benzene rings is 1. The number of aliphatic carboxylic acids is 1. The smallest absolute Gasteiger partial charge is 0.377 e. The molecule has 0 radical (unpaired) electrons. The summed E-state index contributed by atoms with van der Waals surface area (Å²) in [6.07, 6.45) is 0. The number of Topliss-reactive ketones (excluding diaryl/α,β-unsaturated/α-hetero) is 1. The molecule has 1 rings (SSSR count). The van der Waals surface area contributed by atoms with E-state index in [1.54, 1.807) is 24.3 Å². The molecule has 0 bridgehead atoms. The SMILES string of the molecule is CC(C)c1ccccc1C(=O)C(=O)O. The zero-order chi connectivity index (χ0) is 10.7. The molecule has 74 valence electrons. The lowest BCUT2D eigenvalue weighted by atomic mass is 9.95. The first-order valence-electron chi connectivity index (χ1n) is 4.40. The van der Waals surface area contributed by atoms with Gasteiger partial charge >= 0.3 is 5.97 Å². The van der Waals surface area contributed by atoms with Gasteiger partial charge in [-0.1, -0.05) is 38.1 Å². The second kappa shape index (κ2) is 4.05. The van der Waals surface area contributed by atoms with E-state index in [4.69, 9.17) is 5.11 Å². The van der Waals surface area contributed by atoms with Crippen LogP contribution in [0.4, 0.5) is 0 Å². The van der Waals surface area contributed by atoms with Gasteiger partial charge in [-0.3, -0.25) is 4.79 Å². The van der Waals surface area contributed by atoms with E-state index >= 15 is 0 Å². The molecule has 14 heavy (non-hydrogen) atoms. The maximum atomic E-state index is 11.3. The van der Waals surface area contributed by atoms with Crippen molar-refractivity contribution in [3.05, 3.63) is 35.4 Å². The highest BCUT2D eigenvalue weighted by molar-refractivity contribution is 6.40. The fourth-order valence-corrected chi connectivity index (χ4v) is 1.32. The molecule has 3 nitrogen and oxygen atoms in total. The van der Waals surface area contributed by atoms with Crippen molar-refractivity contribution in [3.8, 4) is 0 Å². The van der Waals surface area contributed by atoms with Crippen LogP contribution in [0.3, 0.4) is 0 Å². The summed E-state index contributed by atoms with van der Waals surface area (Å²) in [5.41, 5.74) is 1.06. The zero-order valence-corrected chi connectivity index (χ0v) is 8.15. The molecule has 0 unspecified atom stereocenters. The summed E-state index contributed by atoms with van der Waals surface area (Å²) in [5.74, 6) is -2.10. The average molecular weight is 192 g/mol. The third-order valence-corrected chi connectivity index (χ3v) is 2.02. The topological polar surface area (TPSA) is 54.4 Å². The predicted molar refractivity (Wildman–Crippen MR) is 52.5 cm³/mol. The summed E-state index contributed by atoms with van der Waals surface area (Å²) >= 11 is 0.